The number of esters is 2. The van der Waals surface area contributed by atoms with Gasteiger partial charge in [0.1, 0.15) is 18.6 Å². The van der Waals surface area contributed by atoms with Gasteiger partial charge in [-0.05, 0) is 12.8 Å². The van der Waals surface area contributed by atoms with Crippen molar-refractivity contribution < 1.29 is 38.9 Å². The maximum Gasteiger partial charge on any atom is 0.316 e. The molecule has 0 fully saturated rings. The summed E-state index contributed by atoms with van der Waals surface area (Å²) in [6.45, 7) is 1.59. The third kappa shape index (κ3) is 9.49. The van der Waals surface area contributed by atoms with Crippen LogP contribution in [0, 0.1) is 5.41 Å². The minimum Gasteiger partial charge on any atom is -0.481 e. The standard InChI is InChI=1S/C15H24O8/c1-11(16)22-9-15(14(20)21,10-23-12(2)17)8-6-4-3-5-7-13(18)19/h3-10H2,1-2H3,(H,18,19)(H,20,21). The van der Waals surface area contributed by atoms with Crippen LogP contribution in [0.2, 0.25) is 0 Å². The van der Waals surface area contributed by atoms with E-state index in [0.717, 1.165) is 0 Å². The largest absolute Gasteiger partial charge is 0.481 e. The maximum atomic E-state index is 11.6. The average molecular weight is 332 g/mol. The fourth-order valence-corrected chi connectivity index (χ4v) is 1.99. The van der Waals surface area contributed by atoms with Gasteiger partial charge in [-0.3, -0.25) is 19.2 Å². The number of unbranched alkanes of at least 4 members (excludes halogenated alkanes) is 3. The highest BCUT2D eigenvalue weighted by Crippen LogP contribution is 2.27. The quantitative estimate of drug-likeness (QED) is 0.407. The molecule has 0 spiro atoms. The van der Waals surface area contributed by atoms with E-state index in [0.29, 0.717) is 25.7 Å². The third-order valence-corrected chi connectivity index (χ3v) is 3.35. The third-order valence-electron chi connectivity index (χ3n) is 3.35. The van der Waals surface area contributed by atoms with E-state index in [4.69, 9.17) is 14.6 Å². The zero-order valence-electron chi connectivity index (χ0n) is 13.5. The molecular formula is C15H24O8. The van der Waals surface area contributed by atoms with E-state index in [-0.39, 0.29) is 26.1 Å². The van der Waals surface area contributed by atoms with Gasteiger partial charge in [-0.15, -0.1) is 0 Å². The molecule has 2 N–H and O–H groups in total. The summed E-state index contributed by atoms with van der Waals surface area (Å²) in [6.07, 6.45) is 2.55. The lowest BCUT2D eigenvalue weighted by molar-refractivity contribution is -0.166. The molecule has 0 saturated heterocycles. The molecule has 8 heteroatoms. The van der Waals surface area contributed by atoms with E-state index < -0.39 is 29.3 Å². The van der Waals surface area contributed by atoms with E-state index in [2.05, 4.69) is 0 Å². The highest BCUT2D eigenvalue weighted by molar-refractivity contribution is 5.76. The first kappa shape index (κ1) is 20.9. The summed E-state index contributed by atoms with van der Waals surface area (Å²) in [5, 5.41) is 18.0. The van der Waals surface area contributed by atoms with Gasteiger partial charge in [-0.25, -0.2) is 0 Å². The molecule has 0 aliphatic carbocycles. The van der Waals surface area contributed by atoms with Crippen molar-refractivity contribution in [2.45, 2.75) is 52.4 Å². The topological polar surface area (TPSA) is 127 Å². The van der Waals surface area contributed by atoms with E-state index in [9.17, 15) is 24.3 Å². The highest BCUT2D eigenvalue weighted by Gasteiger charge is 2.41. The summed E-state index contributed by atoms with van der Waals surface area (Å²) in [7, 11) is 0. The number of carbonyl (C=O) groups is 4. The Morgan fingerprint density at radius 1 is 0.826 bits per heavy atom. The molecule has 8 nitrogen and oxygen atoms in total. The fraction of sp³-hybridized carbons (Fsp3) is 0.733. The normalized spacial score (nSPS) is 10.9. The number of hydrogen-bond acceptors (Lipinski definition) is 6. The van der Waals surface area contributed by atoms with Gasteiger partial charge in [0.25, 0.3) is 0 Å². The van der Waals surface area contributed by atoms with Crippen LogP contribution in [-0.2, 0) is 28.7 Å². The zero-order valence-corrected chi connectivity index (χ0v) is 13.5. The molecule has 0 heterocycles. The molecule has 0 bridgehead atoms. The molecule has 0 aliphatic rings. The van der Waals surface area contributed by atoms with Crippen molar-refractivity contribution in [3.8, 4) is 0 Å². The molecule has 0 amide bonds. The zero-order chi connectivity index (χ0) is 17.9. The van der Waals surface area contributed by atoms with Crippen molar-refractivity contribution in [2.24, 2.45) is 5.41 Å². The summed E-state index contributed by atoms with van der Waals surface area (Å²) < 4.78 is 9.64. The average Bonchev–Trinajstić information content (AvgIpc) is 2.43. The second-order valence-electron chi connectivity index (χ2n) is 5.45. The molecule has 0 atom stereocenters. The van der Waals surface area contributed by atoms with Gasteiger partial charge in [0, 0.05) is 20.3 Å². The number of rotatable bonds is 12. The van der Waals surface area contributed by atoms with Gasteiger partial charge in [0.15, 0.2) is 0 Å². The van der Waals surface area contributed by atoms with Crippen LogP contribution in [0.15, 0.2) is 0 Å². The lowest BCUT2D eigenvalue weighted by Crippen LogP contribution is -2.41. The molecule has 0 rings (SSSR count). The van der Waals surface area contributed by atoms with E-state index >= 15 is 0 Å². The Morgan fingerprint density at radius 3 is 1.70 bits per heavy atom. The maximum absolute atomic E-state index is 11.6. The Kier molecular flexibility index (Phi) is 9.60. The van der Waals surface area contributed by atoms with E-state index in [1.807, 2.05) is 0 Å². The Balaban J connectivity index is 4.60. The molecule has 23 heavy (non-hydrogen) atoms. The smallest absolute Gasteiger partial charge is 0.316 e. The van der Waals surface area contributed by atoms with Crippen molar-refractivity contribution in [1.29, 1.82) is 0 Å². The number of aliphatic carboxylic acids is 2. The van der Waals surface area contributed by atoms with Crippen molar-refractivity contribution in [3.05, 3.63) is 0 Å². The Bertz CT molecular complexity index is 411. The van der Waals surface area contributed by atoms with Gasteiger partial charge < -0.3 is 19.7 Å². The predicted molar refractivity (Wildman–Crippen MR) is 78.7 cm³/mol. The lowest BCUT2D eigenvalue weighted by Gasteiger charge is -2.28. The number of carboxylic acids is 2. The first-order valence-corrected chi connectivity index (χ1v) is 7.41. The second kappa shape index (κ2) is 10.6. The highest BCUT2D eigenvalue weighted by atomic mass is 16.5. The number of hydrogen-bond donors (Lipinski definition) is 2. The summed E-state index contributed by atoms with van der Waals surface area (Å²) in [5.74, 6) is -3.29. The van der Waals surface area contributed by atoms with Gasteiger partial charge in [-0.2, -0.15) is 0 Å². The van der Waals surface area contributed by atoms with Gasteiger partial charge in [0.2, 0.25) is 0 Å². The van der Waals surface area contributed by atoms with Crippen LogP contribution in [0.4, 0.5) is 0 Å². The molecule has 0 saturated carbocycles. The molecule has 0 aromatic carbocycles. The minimum absolute atomic E-state index is 0.0744. The number of ether oxygens (including phenoxy) is 2. The van der Waals surface area contributed by atoms with Crippen LogP contribution >= 0.6 is 0 Å². The molecule has 0 aromatic rings. The van der Waals surface area contributed by atoms with Gasteiger partial charge in [-0.1, -0.05) is 19.3 Å². The number of carbonyl (C=O) groups excluding carboxylic acids is 2. The summed E-state index contributed by atoms with van der Waals surface area (Å²) in [5.41, 5.74) is -1.48. The second-order valence-corrected chi connectivity index (χ2v) is 5.45. The van der Waals surface area contributed by atoms with Crippen molar-refractivity contribution in [3.63, 3.8) is 0 Å². The monoisotopic (exact) mass is 332 g/mol. The minimum atomic E-state index is -1.48. The van der Waals surface area contributed by atoms with Crippen molar-refractivity contribution in [2.75, 3.05) is 13.2 Å². The van der Waals surface area contributed by atoms with Crippen LogP contribution in [-0.4, -0.2) is 47.3 Å². The Morgan fingerprint density at radius 2 is 1.30 bits per heavy atom. The molecule has 0 aliphatic heterocycles. The van der Waals surface area contributed by atoms with Crippen molar-refractivity contribution in [1.82, 2.24) is 0 Å². The van der Waals surface area contributed by atoms with E-state index in [1.165, 1.54) is 13.8 Å². The summed E-state index contributed by atoms with van der Waals surface area (Å²) in [6, 6.07) is 0. The molecular weight excluding hydrogens is 308 g/mol. The first-order chi connectivity index (χ1) is 10.7. The molecule has 0 radical (unpaired) electrons. The van der Waals surface area contributed by atoms with Gasteiger partial charge >= 0.3 is 23.9 Å². The van der Waals surface area contributed by atoms with Crippen LogP contribution in [0.3, 0.4) is 0 Å². The van der Waals surface area contributed by atoms with Crippen LogP contribution in [0.1, 0.15) is 52.4 Å². The number of carboxylic acid groups (broad SMARTS) is 2. The fourth-order valence-electron chi connectivity index (χ4n) is 1.99. The van der Waals surface area contributed by atoms with Gasteiger partial charge in [0.05, 0.1) is 0 Å². The Hall–Kier alpha value is -2.12. The molecule has 0 aromatic heterocycles. The Labute approximate surface area is 134 Å². The summed E-state index contributed by atoms with van der Waals surface area (Å²) in [4.78, 5) is 43.9. The SMILES string of the molecule is CC(=O)OCC(CCCCCCC(=O)O)(COC(C)=O)C(=O)O. The summed E-state index contributed by atoms with van der Waals surface area (Å²) >= 11 is 0. The first-order valence-electron chi connectivity index (χ1n) is 7.41. The van der Waals surface area contributed by atoms with Crippen LogP contribution in [0.25, 0.3) is 0 Å². The molecule has 132 valence electrons. The van der Waals surface area contributed by atoms with Crippen LogP contribution < -0.4 is 0 Å². The van der Waals surface area contributed by atoms with E-state index in [1.54, 1.807) is 0 Å². The molecule has 0 unspecified atom stereocenters. The van der Waals surface area contributed by atoms with Crippen LogP contribution in [0.5, 0.6) is 0 Å². The lowest BCUT2D eigenvalue weighted by atomic mass is 9.84. The van der Waals surface area contributed by atoms with Crippen molar-refractivity contribution >= 4 is 23.9 Å². The predicted octanol–water partition coefficient (Wildman–Crippen LogP) is 1.61.